The van der Waals surface area contributed by atoms with Gasteiger partial charge >= 0.3 is 0 Å². The minimum absolute atomic E-state index is 0.703. The van der Waals surface area contributed by atoms with Gasteiger partial charge in [0.1, 0.15) is 4.34 Å². The SMILES string of the molecule is CCNC(CSc1nccs1)C1CC1. The fourth-order valence-electron chi connectivity index (χ4n) is 1.57. The summed E-state index contributed by atoms with van der Waals surface area (Å²) < 4.78 is 1.20. The largest absolute Gasteiger partial charge is 0.313 e. The Labute approximate surface area is 93.5 Å². The van der Waals surface area contributed by atoms with Crippen LogP contribution in [-0.4, -0.2) is 23.3 Å². The smallest absolute Gasteiger partial charge is 0.149 e. The van der Waals surface area contributed by atoms with Gasteiger partial charge in [0.05, 0.1) is 0 Å². The molecule has 0 radical (unpaired) electrons. The van der Waals surface area contributed by atoms with Crippen molar-refractivity contribution in [1.29, 1.82) is 0 Å². The molecule has 2 nitrogen and oxygen atoms in total. The highest BCUT2D eigenvalue weighted by atomic mass is 32.2. The Morgan fingerprint density at radius 3 is 3.14 bits per heavy atom. The molecular formula is C10H16N2S2. The molecule has 1 unspecified atom stereocenters. The molecule has 1 aromatic heterocycles. The Balaban J connectivity index is 1.76. The normalized spacial score (nSPS) is 18.4. The van der Waals surface area contributed by atoms with Crippen LogP contribution in [0.3, 0.4) is 0 Å². The van der Waals surface area contributed by atoms with Crippen molar-refractivity contribution in [1.82, 2.24) is 10.3 Å². The Morgan fingerprint density at radius 1 is 1.71 bits per heavy atom. The van der Waals surface area contributed by atoms with E-state index in [-0.39, 0.29) is 0 Å². The highest BCUT2D eigenvalue weighted by Crippen LogP contribution is 2.35. The molecule has 0 bridgehead atoms. The van der Waals surface area contributed by atoms with E-state index in [0.717, 1.165) is 12.5 Å². The van der Waals surface area contributed by atoms with E-state index in [0.29, 0.717) is 6.04 Å². The van der Waals surface area contributed by atoms with Crippen LogP contribution < -0.4 is 5.32 Å². The highest BCUT2D eigenvalue weighted by molar-refractivity contribution is 8.01. The molecule has 1 aliphatic rings. The summed E-state index contributed by atoms with van der Waals surface area (Å²) in [5.41, 5.74) is 0. The minimum atomic E-state index is 0.703. The van der Waals surface area contributed by atoms with Gasteiger partial charge in [0.2, 0.25) is 0 Å². The molecule has 0 amide bonds. The van der Waals surface area contributed by atoms with E-state index >= 15 is 0 Å². The van der Waals surface area contributed by atoms with Gasteiger partial charge in [0, 0.05) is 23.4 Å². The van der Waals surface area contributed by atoms with Crippen LogP contribution in [0.25, 0.3) is 0 Å². The van der Waals surface area contributed by atoms with Crippen LogP contribution in [-0.2, 0) is 0 Å². The molecule has 0 saturated heterocycles. The van der Waals surface area contributed by atoms with Gasteiger partial charge in [-0.05, 0) is 25.3 Å². The molecule has 1 aliphatic carbocycles. The molecule has 2 rings (SSSR count). The van der Waals surface area contributed by atoms with Gasteiger partial charge < -0.3 is 5.32 Å². The topological polar surface area (TPSA) is 24.9 Å². The van der Waals surface area contributed by atoms with Crippen LogP contribution in [0.4, 0.5) is 0 Å². The molecule has 78 valence electrons. The van der Waals surface area contributed by atoms with Crippen LogP contribution in [0.2, 0.25) is 0 Å². The first kappa shape index (κ1) is 10.5. The summed E-state index contributed by atoms with van der Waals surface area (Å²) in [6, 6.07) is 0.703. The van der Waals surface area contributed by atoms with Crippen molar-refractivity contribution in [2.45, 2.75) is 30.1 Å². The summed E-state index contributed by atoms with van der Waals surface area (Å²) in [7, 11) is 0. The fourth-order valence-corrected chi connectivity index (χ4v) is 3.42. The Kier molecular flexibility index (Phi) is 3.84. The number of thiazole rings is 1. The van der Waals surface area contributed by atoms with Crippen molar-refractivity contribution < 1.29 is 0 Å². The highest BCUT2D eigenvalue weighted by Gasteiger charge is 2.30. The molecular weight excluding hydrogens is 212 g/mol. The van der Waals surface area contributed by atoms with Crippen LogP contribution in [0.15, 0.2) is 15.9 Å². The van der Waals surface area contributed by atoms with E-state index in [1.807, 2.05) is 23.3 Å². The lowest BCUT2D eigenvalue weighted by molar-refractivity contribution is 0.519. The fraction of sp³-hybridized carbons (Fsp3) is 0.700. The zero-order chi connectivity index (χ0) is 9.80. The van der Waals surface area contributed by atoms with E-state index in [1.54, 1.807) is 11.3 Å². The average molecular weight is 228 g/mol. The quantitative estimate of drug-likeness (QED) is 0.758. The second kappa shape index (κ2) is 5.14. The lowest BCUT2D eigenvalue weighted by Gasteiger charge is -2.15. The van der Waals surface area contributed by atoms with Gasteiger partial charge in [0.25, 0.3) is 0 Å². The molecule has 1 heterocycles. The molecule has 1 N–H and O–H groups in total. The van der Waals surface area contributed by atoms with E-state index < -0.39 is 0 Å². The van der Waals surface area contributed by atoms with Gasteiger partial charge in [-0.25, -0.2) is 4.98 Å². The van der Waals surface area contributed by atoms with Crippen molar-refractivity contribution in [3.8, 4) is 0 Å². The molecule has 14 heavy (non-hydrogen) atoms. The molecule has 0 aliphatic heterocycles. The minimum Gasteiger partial charge on any atom is -0.313 e. The van der Waals surface area contributed by atoms with E-state index in [4.69, 9.17) is 0 Å². The summed E-state index contributed by atoms with van der Waals surface area (Å²) in [4.78, 5) is 4.28. The number of nitrogens with one attached hydrogen (secondary N) is 1. The molecule has 0 aromatic carbocycles. The summed E-state index contributed by atoms with van der Waals surface area (Å²) in [5.74, 6) is 2.11. The zero-order valence-corrected chi connectivity index (χ0v) is 10.0. The Bertz CT molecular complexity index is 257. The number of hydrogen-bond donors (Lipinski definition) is 1. The van der Waals surface area contributed by atoms with Gasteiger partial charge in [-0.3, -0.25) is 0 Å². The number of rotatable bonds is 6. The van der Waals surface area contributed by atoms with Gasteiger partial charge in [-0.15, -0.1) is 11.3 Å². The standard InChI is InChI=1S/C10H16N2S2/c1-2-11-9(8-3-4-8)7-14-10-12-5-6-13-10/h5-6,8-9,11H,2-4,7H2,1H3. The molecule has 0 spiro atoms. The average Bonchev–Trinajstić information content (AvgIpc) is 2.90. The van der Waals surface area contributed by atoms with Crippen LogP contribution in [0.5, 0.6) is 0 Å². The number of nitrogens with zero attached hydrogens (tertiary/aromatic N) is 1. The summed E-state index contributed by atoms with van der Waals surface area (Å²) in [5, 5.41) is 5.61. The first-order valence-electron chi connectivity index (χ1n) is 5.16. The van der Waals surface area contributed by atoms with Gasteiger partial charge in [-0.2, -0.15) is 0 Å². The maximum absolute atomic E-state index is 4.28. The third-order valence-electron chi connectivity index (χ3n) is 2.45. The van der Waals surface area contributed by atoms with Crippen molar-refractivity contribution in [3.63, 3.8) is 0 Å². The van der Waals surface area contributed by atoms with E-state index in [2.05, 4.69) is 17.2 Å². The maximum Gasteiger partial charge on any atom is 0.149 e. The Hall–Kier alpha value is -0.0600. The zero-order valence-electron chi connectivity index (χ0n) is 8.40. The first-order chi connectivity index (χ1) is 6.90. The van der Waals surface area contributed by atoms with Crippen molar-refractivity contribution in [2.75, 3.05) is 12.3 Å². The molecule has 1 aromatic rings. The monoisotopic (exact) mass is 228 g/mol. The second-order valence-electron chi connectivity index (χ2n) is 3.61. The van der Waals surface area contributed by atoms with Crippen molar-refractivity contribution >= 4 is 23.1 Å². The van der Waals surface area contributed by atoms with E-state index in [9.17, 15) is 0 Å². The summed E-state index contributed by atoms with van der Waals surface area (Å²) in [6.45, 7) is 3.27. The first-order valence-corrected chi connectivity index (χ1v) is 7.02. The van der Waals surface area contributed by atoms with Crippen molar-refractivity contribution in [2.24, 2.45) is 5.92 Å². The second-order valence-corrected chi connectivity index (χ2v) is 5.77. The third-order valence-corrected chi connectivity index (χ3v) is 4.54. The number of thioether (sulfide) groups is 1. The van der Waals surface area contributed by atoms with Gasteiger partial charge in [0.15, 0.2) is 0 Å². The number of aromatic nitrogens is 1. The number of hydrogen-bond acceptors (Lipinski definition) is 4. The molecule has 1 atom stereocenters. The summed E-state index contributed by atoms with van der Waals surface area (Å²) >= 11 is 3.63. The van der Waals surface area contributed by atoms with Crippen LogP contribution in [0, 0.1) is 5.92 Å². The molecule has 1 saturated carbocycles. The Morgan fingerprint density at radius 2 is 2.57 bits per heavy atom. The van der Waals surface area contributed by atoms with Crippen molar-refractivity contribution in [3.05, 3.63) is 11.6 Å². The van der Waals surface area contributed by atoms with Crippen LogP contribution >= 0.6 is 23.1 Å². The lowest BCUT2D eigenvalue weighted by Crippen LogP contribution is -2.33. The van der Waals surface area contributed by atoms with E-state index in [1.165, 1.54) is 22.9 Å². The lowest BCUT2D eigenvalue weighted by atomic mass is 10.2. The predicted octanol–water partition coefficient (Wildman–Crippen LogP) is 2.62. The van der Waals surface area contributed by atoms with Gasteiger partial charge in [-0.1, -0.05) is 18.7 Å². The molecule has 1 fully saturated rings. The van der Waals surface area contributed by atoms with Crippen LogP contribution in [0.1, 0.15) is 19.8 Å². The maximum atomic E-state index is 4.28. The molecule has 4 heteroatoms. The predicted molar refractivity (Wildman–Crippen MR) is 63.0 cm³/mol. The summed E-state index contributed by atoms with van der Waals surface area (Å²) in [6.07, 6.45) is 4.71. The third kappa shape index (κ3) is 2.97.